The number of nitro benzene ring substituents is 2. The van der Waals surface area contributed by atoms with E-state index in [1.54, 1.807) is 12.5 Å². The lowest BCUT2D eigenvalue weighted by molar-refractivity contribution is -0.394. The first kappa shape index (κ1) is 14.6. The monoisotopic (exact) mass is 291 g/mol. The number of hydrogen-bond donors (Lipinski definition) is 1. The first-order valence-corrected chi connectivity index (χ1v) is 6.16. The Balaban J connectivity index is 1.98. The third-order valence-corrected chi connectivity index (χ3v) is 2.90. The third kappa shape index (κ3) is 3.83. The molecule has 9 nitrogen and oxygen atoms in total. The van der Waals surface area contributed by atoms with Crippen molar-refractivity contribution in [2.75, 3.05) is 6.54 Å². The van der Waals surface area contributed by atoms with Gasteiger partial charge in [-0.15, -0.1) is 0 Å². The second kappa shape index (κ2) is 6.57. The molecule has 0 aliphatic rings. The molecular weight excluding hydrogens is 278 g/mol. The number of nitro groups is 2. The van der Waals surface area contributed by atoms with Crippen LogP contribution in [0.1, 0.15) is 5.56 Å². The van der Waals surface area contributed by atoms with Gasteiger partial charge in [0, 0.05) is 43.7 Å². The van der Waals surface area contributed by atoms with Crippen molar-refractivity contribution in [2.24, 2.45) is 0 Å². The summed E-state index contributed by atoms with van der Waals surface area (Å²) in [6.45, 7) is 1.55. The predicted molar refractivity (Wildman–Crippen MR) is 73.7 cm³/mol. The smallest absolute Gasteiger partial charge is 0.280 e. The Labute approximate surface area is 119 Å². The average Bonchev–Trinajstić information content (AvgIpc) is 2.96. The molecule has 1 aromatic heterocycles. The van der Waals surface area contributed by atoms with Crippen LogP contribution in [0.5, 0.6) is 0 Å². The molecule has 1 N–H and O–H groups in total. The van der Waals surface area contributed by atoms with Gasteiger partial charge in [-0.2, -0.15) is 0 Å². The highest BCUT2D eigenvalue weighted by Gasteiger charge is 2.18. The molecule has 0 saturated carbocycles. The van der Waals surface area contributed by atoms with E-state index in [2.05, 4.69) is 10.3 Å². The zero-order valence-electron chi connectivity index (χ0n) is 11.0. The van der Waals surface area contributed by atoms with Gasteiger partial charge in [-0.3, -0.25) is 20.2 Å². The summed E-state index contributed by atoms with van der Waals surface area (Å²) in [6, 6.07) is 3.65. The molecule has 9 heteroatoms. The highest BCUT2D eigenvalue weighted by Crippen LogP contribution is 2.24. The maximum Gasteiger partial charge on any atom is 0.280 e. The fourth-order valence-electron chi connectivity index (χ4n) is 1.84. The summed E-state index contributed by atoms with van der Waals surface area (Å²) in [5.41, 5.74) is -0.126. The lowest BCUT2D eigenvalue weighted by Gasteiger charge is -2.06. The van der Waals surface area contributed by atoms with Crippen molar-refractivity contribution in [2.45, 2.75) is 13.1 Å². The topological polar surface area (TPSA) is 116 Å². The van der Waals surface area contributed by atoms with Crippen molar-refractivity contribution in [1.29, 1.82) is 0 Å². The second-order valence-corrected chi connectivity index (χ2v) is 4.30. The molecule has 0 unspecified atom stereocenters. The van der Waals surface area contributed by atoms with Gasteiger partial charge in [-0.1, -0.05) is 0 Å². The summed E-state index contributed by atoms with van der Waals surface area (Å²) in [4.78, 5) is 24.2. The minimum Gasteiger partial charge on any atom is -0.336 e. The van der Waals surface area contributed by atoms with Gasteiger partial charge in [0.2, 0.25) is 0 Å². The summed E-state index contributed by atoms with van der Waals surface area (Å²) in [5.74, 6) is 0. The molecule has 0 saturated heterocycles. The van der Waals surface area contributed by atoms with Gasteiger partial charge in [-0.25, -0.2) is 4.98 Å². The Morgan fingerprint density at radius 3 is 2.67 bits per heavy atom. The van der Waals surface area contributed by atoms with Crippen LogP contribution in [0, 0.1) is 20.2 Å². The number of benzene rings is 1. The number of hydrogen-bond acceptors (Lipinski definition) is 6. The lowest BCUT2D eigenvalue weighted by Crippen LogP contribution is -2.19. The molecule has 0 radical (unpaired) electrons. The molecular formula is C12H13N5O4. The van der Waals surface area contributed by atoms with Crippen LogP contribution >= 0.6 is 0 Å². The van der Waals surface area contributed by atoms with Crippen LogP contribution in [0.3, 0.4) is 0 Å². The molecule has 0 aliphatic heterocycles. The summed E-state index contributed by atoms with van der Waals surface area (Å²) in [6.07, 6.45) is 5.16. The summed E-state index contributed by atoms with van der Waals surface area (Å²) >= 11 is 0. The number of nitrogens with zero attached hydrogens (tertiary/aromatic N) is 4. The first-order valence-electron chi connectivity index (χ1n) is 6.16. The van der Waals surface area contributed by atoms with Crippen molar-refractivity contribution in [1.82, 2.24) is 14.9 Å². The molecule has 110 valence electrons. The minimum absolute atomic E-state index is 0.251. The van der Waals surface area contributed by atoms with Gasteiger partial charge >= 0.3 is 0 Å². The van der Waals surface area contributed by atoms with E-state index in [0.717, 1.165) is 6.07 Å². The Morgan fingerprint density at radius 2 is 2.05 bits per heavy atom. The molecule has 0 spiro atoms. The Bertz CT molecular complexity index is 641. The zero-order chi connectivity index (χ0) is 15.2. The van der Waals surface area contributed by atoms with Crippen molar-refractivity contribution in [3.8, 4) is 0 Å². The Kier molecular flexibility index (Phi) is 4.57. The van der Waals surface area contributed by atoms with Crippen molar-refractivity contribution in [3.05, 3.63) is 62.7 Å². The van der Waals surface area contributed by atoms with E-state index in [1.165, 1.54) is 12.1 Å². The van der Waals surface area contributed by atoms with Crippen molar-refractivity contribution < 1.29 is 9.85 Å². The fourth-order valence-corrected chi connectivity index (χ4v) is 1.84. The van der Waals surface area contributed by atoms with Crippen molar-refractivity contribution in [3.63, 3.8) is 0 Å². The molecule has 2 rings (SSSR count). The van der Waals surface area contributed by atoms with Gasteiger partial charge in [-0.05, 0) is 6.07 Å². The van der Waals surface area contributed by atoms with Crippen LogP contribution in [-0.2, 0) is 13.1 Å². The highest BCUT2D eigenvalue weighted by molar-refractivity contribution is 5.49. The van der Waals surface area contributed by atoms with Gasteiger partial charge < -0.3 is 9.88 Å². The van der Waals surface area contributed by atoms with E-state index in [4.69, 9.17) is 0 Å². The zero-order valence-corrected chi connectivity index (χ0v) is 11.0. The summed E-state index contributed by atoms with van der Waals surface area (Å²) < 4.78 is 1.87. The van der Waals surface area contributed by atoms with E-state index in [1.807, 2.05) is 10.8 Å². The van der Waals surface area contributed by atoms with Crippen LogP contribution in [0.4, 0.5) is 11.4 Å². The molecule has 21 heavy (non-hydrogen) atoms. The van der Waals surface area contributed by atoms with E-state index < -0.39 is 9.85 Å². The van der Waals surface area contributed by atoms with E-state index in [9.17, 15) is 20.2 Å². The Morgan fingerprint density at radius 1 is 1.24 bits per heavy atom. The largest absolute Gasteiger partial charge is 0.336 e. The number of aromatic nitrogens is 2. The number of rotatable bonds is 7. The maximum absolute atomic E-state index is 11.0. The van der Waals surface area contributed by atoms with Crippen LogP contribution in [0.15, 0.2) is 36.9 Å². The average molecular weight is 291 g/mol. The SMILES string of the molecule is O=[N+]([O-])c1ccc(CNCCn2ccnc2)c([N+](=O)[O-])c1. The molecule has 0 amide bonds. The molecule has 1 aromatic carbocycles. The van der Waals surface area contributed by atoms with Gasteiger partial charge in [0.05, 0.1) is 22.2 Å². The van der Waals surface area contributed by atoms with Crippen LogP contribution in [0.25, 0.3) is 0 Å². The number of nitrogens with one attached hydrogen (secondary N) is 1. The predicted octanol–water partition coefficient (Wildman–Crippen LogP) is 1.49. The van der Waals surface area contributed by atoms with E-state index >= 15 is 0 Å². The lowest BCUT2D eigenvalue weighted by atomic mass is 10.1. The second-order valence-electron chi connectivity index (χ2n) is 4.30. The molecule has 1 heterocycles. The summed E-state index contributed by atoms with van der Waals surface area (Å²) in [7, 11) is 0. The maximum atomic E-state index is 11.0. The van der Waals surface area contributed by atoms with E-state index in [0.29, 0.717) is 18.7 Å². The molecule has 0 bridgehead atoms. The third-order valence-electron chi connectivity index (χ3n) is 2.90. The molecule has 0 aliphatic carbocycles. The standard InChI is InChI=1S/C12H13N5O4/c18-16(19)11-2-1-10(12(7-11)17(20)21)8-13-3-5-15-6-4-14-9-15/h1-2,4,6-7,9,13H,3,5,8H2. The van der Waals surface area contributed by atoms with Gasteiger partial charge in [0.1, 0.15) is 0 Å². The fraction of sp³-hybridized carbons (Fsp3) is 0.250. The molecule has 0 atom stereocenters. The minimum atomic E-state index is -0.650. The van der Waals surface area contributed by atoms with Crippen molar-refractivity contribution >= 4 is 11.4 Å². The van der Waals surface area contributed by atoms with Crippen LogP contribution in [0.2, 0.25) is 0 Å². The Hall–Kier alpha value is -2.81. The normalized spacial score (nSPS) is 10.5. The summed E-state index contributed by atoms with van der Waals surface area (Å²) in [5, 5.41) is 24.7. The van der Waals surface area contributed by atoms with Gasteiger partial charge in [0.25, 0.3) is 11.4 Å². The number of imidazole rings is 1. The van der Waals surface area contributed by atoms with Gasteiger partial charge in [0.15, 0.2) is 0 Å². The molecule has 0 fully saturated rings. The first-order chi connectivity index (χ1) is 10.1. The number of non-ortho nitro benzene ring substituents is 1. The van der Waals surface area contributed by atoms with Crippen LogP contribution in [-0.4, -0.2) is 25.9 Å². The van der Waals surface area contributed by atoms with E-state index in [-0.39, 0.29) is 17.9 Å². The van der Waals surface area contributed by atoms with Crippen LogP contribution < -0.4 is 5.32 Å². The quantitative estimate of drug-likeness (QED) is 0.469. The highest BCUT2D eigenvalue weighted by atomic mass is 16.6. The molecule has 2 aromatic rings.